The van der Waals surface area contributed by atoms with Crippen LogP contribution in [0.4, 0.5) is 4.79 Å². The van der Waals surface area contributed by atoms with Gasteiger partial charge in [0.25, 0.3) is 0 Å². The summed E-state index contributed by atoms with van der Waals surface area (Å²) in [4.78, 5) is 37.0. The van der Waals surface area contributed by atoms with Gasteiger partial charge in [-0.05, 0) is 19.4 Å². The summed E-state index contributed by atoms with van der Waals surface area (Å²) in [5.74, 6) is -0.489. The number of hydrogen-bond acceptors (Lipinski definition) is 4. The summed E-state index contributed by atoms with van der Waals surface area (Å²) in [5, 5.41) is 5.15. The molecule has 0 bridgehead atoms. The molecule has 0 radical (unpaired) electrons. The Morgan fingerprint density at radius 3 is 2.71 bits per heavy atom. The van der Waals surface area contributed by atoms with Crippen LogP contribution < -0.4 is 10.6 Å². The van der Waals surface area contributed by atoms with Crippen LogP contribution in [-0.4, -0.2) is 48.5 Å². The molecular formula is C17H23N3O4. The molecule has 1 aromatic rings. The Balaban J connectivity index is 1.83. The molecule has 2 atom stereocenters. The van der Waals surface area contributed by atoms with Crippen LogP contribution in [0.3, 0.4) is 0 Å². The van der Waals surface area contributed by atoms with E-state index in [1.165, 1.54) is 0 Å². The van der Waals surface area contributed by atoms with Gasteiger partial charge in [0.05, 0.1) is 18.7 Å². The lowest BCUT2D eigenvalue weighted by Gasteiger charge is -2.25. The van der Waals surface area contributed by atoms with Gasteiger partial charge in [-0.25, -0.2) is 4.79 Å². The summed E-state index contributed by atoms with van der Waals surface area (Å²) in [6.45, 7) is 4.19. The Hall–Kier alpha value is -2.57. The van der Waals surface area contributed by atoms with Crippen molar-refractivity contribution in [3.63, 3.8) is 0 Å². The number of carbonyl (C=O) groups is 3. The van der Waals surface area contributed by atoms with E-state index in [9.17, 15) is 14.4 Å². The molecule has 7 nitrogen and oxygen atoms in total. The van der Waals surface area contributed by atoms with E-state index >= 15 is 0 Å². The molecule has 0 spiro atoms. The van der Waals surface area contributed by atoms with Crippen LogP contribution in [0.5, 0.6) is 0 Å². The Morgan fingerprint density at radius 2 is 2.04 bits per heavy atom. The number of ether oxygens (including phenoxy) is 1. The average Bonchev–Trinajstić information content (AvgIpc) is 2.93. The van der Waals surface area contributed by atoms with Crippen molar-refractivity contribution in [1.29, 1.82) is 0 Å². The highest BCUT2D eigenvalue weighted by atomic mass is 16.5. The van der Waals surface area contributed by atoms with E-state index < -0.39 is 12.0 Å². The molecule has 0 aliphatic carbocycles. The monoisotopic (exact) mass is 333 g/mol. The Labute approximate surface area is 141 Å². The molecule has 0 aromatic heterocycles. The van der Waals surface area contributed by atoms with Crippen LogP contribution in [0.15, 0.2) is 30.3 Å². The smallest absolute Gasteiger partial charge is 0.325 e. The van der Waals surface area contributed by atoms with Crippen molar-refractivity contribution in [3.05, 3.63) is 35.9 Å². The summed E-state index contributed by atoms with van der Waals surface area (Å²) in [6, 6.07) is 8.96. The second-order valence-corrected chi connectivity index (χ2v) is 5.67. The fourth-order valence-electron chi connectivity index (χ4n) is 2.72. The quantitative estimate of drug-likeness (QED) is 0.766. The van der Waals surface area contributed by atoms with Crippen LogP contribution in [0.25, 0.3) is 0 Å². The van der Waals surface area contributed by atoms with Crippen molar-refractivity contribution < 1.29 is 19.1 Å². The third-order valence-electron chi connectivity index (χ3n) is 3.94. The first-order valence-electron chi connectivity index (χ1n) is 8.05. The summed E-state index contributed by atoms with van der Waals surface area (Å²) >= 11 is 0. The Kier molecular flexibility index (Phi) is 6.17. The number of hydrogen-bond donors (Lipinski definition) is 2. The van der Waals surface area contributed by atoms with Gasteiger partial charge in [0.1, 0.15) is 6.54 Å². The van der Waals surface area contributed by atoms with Crippen LogP contribution in [-0.2, 0) is 14.3 Å². The molecule has 1 aromatic carbocycles. The van der Waals surface area contributed by atoms with Crippen molar-refractivity contribution in [3.8, 4) is 0 Å². The van der Waals surface area contributed by atoms with E-state index in [1.807, 2.05) is 37.3 Å². The standard InChI is InChI=1S/C17H23N3O4/c1-3-24-16(22)10-18-17(23)19-14-9-15(21)20(11-14)12(2)13-7-5-4-6-8-13/h4-8,12,14H,3,9-11H2,1-2H3,(H2,18,19,23). The minimum atomic E-state index is -0.491. The minimum absolute atomic E-state index is 0.00189. The minimum Gasteiger partial charge on any atom is -0.465 e. The zero-order chi connectivity index (χ0) is 17.5. The Bertz CT molecular complexity index is 591. The molecule has 1 fully saturated rings. The number of urea groups is 1. The van der Waals surface area contributed by atoms with Crippen molar-refractivity contribution in [2.24, 2.45) is 0 Å². The number of nitrogens with one attached hydrogen (secondary N) is 2. The molecule has 1 aliphatic heterocycles. The van der Waals surface area contributed by atoms with Crippen LogP contribution >= 0.6 is 0 Å². The number of likely N-dealkylation sites (tertiary alicyclic amines) is 1. The molecule has 2 rings (SSSR count). The molecule has 1 saturated heterocycles. The highest BCUT2D eigenvalue weighted by Gasteiger charge is 2.33. The summed E-state index contributed by atoms with van der Waals surface area (Å²) in [7, 11) is 0. The molecular weight excluding hydrogens is 310 g/mol. The molecule has 2 unspecified atom stereocenters. The van der Waals surface area contributed by atoms with Gasteiger partial charge in [-0.1, -0.05) is 30.3 Å². The van der Waals surface area contributed by atoms with Gasteiger partial charge in [0, 0.05) is 13.0 Å². The van der Waals surface area contributed by atoms with Gasteiger partial charge < -0.3 is 20.3 Å². The van der Waals surface area contributed by atoms with Crippen molar-refractivity contribution in [2.45, 2.75) is 32.4 Å². The molecule has 1 heterocycles. The first-order chi connectivity index (χ1) is 11.5. The zero-order valence-corrected chi connectivity index (χ0v) is 14.0. The number of carbonyl (C=O) groups excluding carboxylic acids is 3. The molecule has 2 N–H and O–H groups in total. The van der Waals surface area contributed by atoms with Gasteiger partial charge in [-0.2, -0.15) is 0 Å². The molecule has 1 aliphatic rings. The van der Waals surface area contributed by atoms with Crippen molar-refractivity contribution in [1.82, 2.24) is 15.5 Å². The lowest BCUT2D eigenvalue weighted by molar-refractivity contribution is -0.141. The second kappa shape index (κ2) is 8.33. The summed E-state index contributed by atoms with van der Waals surface area (Å²) < 4.78 is 4.73. The number of esters is 1. The largest absolute Gasteiger partial charge is 0.465 e. The first kappa shape index (κ1) is 17.8. The fraction of sp³-hybridized carbons (Fsp3) is 0.471. The average molecular weight is 333 g/mol. The van der Waals surface area contributed by atoms with E-state index in [0.717, 1.165) is 5.56 Å². The number of nitrogens with zero attached hydrogens (tertiary/aromatic N) is 1. The van der Waals surface area contributed by atoms with Crippen molar-refractivity contribution >= 4 is 17.9 Å². The Morgan fingerprint density at radius 1 is 1.33 bits per heavy atom. The maximum absolute atomic E-state index is 12.2. The normalized spacial score (nSPS) is 18.2. The van der Waals surface area contributed by atoms with Crippen LogP contribution in [0.1, 0.15) is 31.9 Å². The van der Waals surface area contributed by atoms with Gasteiger partial charge in [0.15, 0.2) is 0 Å². The highest BCUT2D eigenvalue weighted by Crippen LogP contribution is 2.25. The zero-order valence-electron chi connectivity index (χ0n) is 14.0. The number of benzene rings is 1. The third kappa shape index (κ3) is 4.71. The van der Waals surface area contributed by atoms with E-state index in [1.54, 1.807) is 11.8 Å². The summed E-state index contributed by atoms with van der Waals surface area (Å²) in [6.07, 6.45) is 0.254. The van der Waals surface area contributed by atoms with Gasteiger partial charge in [-0.3, -0.25) is 9.59 Å². The topological polar surface area (TPSA) is 87.7 Å². The van der Waals surface area contributed by atoms with E-state index in [2.05, 4.69) is 10.6 Å². The van der Waals surface area contributed by atoms with E-state index in [-0.39, 0.29) is 37.6 Å². The lowest BCUT2D eigenvalue weighted by atomic mass is 10.1. The molecule has 130 valence electrons. The third-order valence-corrected chi connectivity index (χ3v) is 3.94. The molecule has 3 amide bonds. The first-order valence-corrected chi connectivity index (χ1v) is 8.05. The van der Waals surface area contributed by atoms with Gasteiger partial charge in [0.2, 0.25) is 5.91 Å². The SMILES string of the molecule is CCOC(=O)CNC(=O)NC1CC(=O)N(C(C)c2ccccc2)C1. The summed E-state index contributed by atoms with van der Waals surface area (Å²) in [5.41, 5.74) is 1.05. The van der Waals surface area contributed by atoms with E-state index in [4.69, 9.17) is 4.74 Å². The predicted molar refractivity (Wildman–Crippen MR) is 88.1 cm³/mol. The predicted octanol–water partition coefficient (Wildman–Crippen LogP) is 1.21. The van der Waals surface area contributed by atoms with Crippen LogP contribution in [0, 0.1) is 0 Å². The maximum Gasteiger partial charge on any atom is 0.325 e. The van der Waals surface area contributed by atoms with Crippen molar-refractivity contribution in [2.75, 3.05) is 19.7 Å². The lowest BCUT2D eigenvalue weighted by Crippen LogP contribution is -2.45. The number of amides is 3. The van der Waals surface area contributed by atoms with Gasteiger partial charge >= 0.3 is 12.0 Å². The molecule has 0 saturated carbocycles. The number of rotatable bonds is 6. The van der Waals surface area contributed by atoms with Crippen LogP contribution in [0.2, 0.25) is 0 Å². The molecule has 7 heteroatoms. The maximum atomic E-state index is 12.2. The van der Waals surface area contributed by atoms with Gasteiger partial charge in [-0.15, -0.1) is 0 Å². The fourth-order valence-corrected chi connectivity index (χ4v) is 2.72. The van der Waals surface area contributed by atoms with E-state index in [0.29, 0.717) is 6.54 Å². The molecule has 24 heavy (non-hydrogen) atoms. The second-order valence-electron chi connectivity index (χ2n) is 5.67. The highest BCUT2D eigenvalue weighted by molar-refractivity contribution is 5.83.